The molecule has 0 aliphatic heterocycles. The highest BCUT2D eigenvalue weighted by molar-refractivity contribution is 5.87. The van der Waals surface area contributed by atoms with E-state index in [1.165, 1.54) is 38.5 Å². The molecule has 0 saturated carbocycles. The Hall–Kier alpha value is -3.46. The van der Waals surface area contributed by atoms with Crippen molar-refractivity contribution in [2.45, 2.75) is 187 Å². The number of hydrogen-bond donors (Lipinski definition) is 4. The van der Waals surface area contributed by atoms with E-state index in [1.54, 1.807) is 0 Å². The van der Waals surface area contributed by atoms with Gasteiger partial charge in [-0.3, -0.25) is 14.4 Å². The van der Waals surface area contributed by atoms with Crippen LogP contribution in [-0.2, 0) is 23.9 Å². The summed E-state index contributed by atoms with van der Waals surface area (Å²) in [4.78, 5) is 47.4. The smallest absolute Gasteiger partial charge is 0.328 e. The molecule has 0 spiro atoms. The molecule has 9 heteroatoms. The monoisotopic (exact) mass is 757 g/mol. The van der Waals surface area contributed by atoms with Gasteiger partial charge in [-0.05, 0) is 83.1 Å². The lowest BCUT2D eigenvalue weighted by Gasteiger charge is -2.15. The number of nitrogens with one attached hydrogen (secondary N) is 2. The lowest BCUT2D eigenvalue weighted by atomic mass is 10.0. The van der Waals surface area contributed by atoms with E-state index in [1.807, 2.05) is 0 Å². The number of aliphatic hydroxyl groups is 1. The van der Waals surface area contributed by atoms with Crippen LogP contribution in [-0.4, -0.2) is 59.3 Å². The van der Waals surface area contributed by atoms with E-state index in [0.717, 1.165) is 103 Å². The van der Waals surface area contributed by atoms with Gasteiger partial charge < -0.3 is 25.6 Å². The van der Waals surface area contributed by atoms with Gasteiger partial charge in [-0.1, -0.05) is 139 Å². The van der Waals surface area contributed by atoms with Crippen molar-refractivity contribution in [3.05, 3.63) is 60.8 Å². The summed E-state index contributed by atoms with van der Waals surface area (Å²) >= 11 is 0. The maximum absolute atomic E-state index is 12.7. The molecule has 0 bridgehead atoms. The van der Waals surface area contributed by atoms with Crippen molar-refractivity contribution >= 4 is 23.8 Å². The van der Waals surface area contributed by atoms with Crippen LogP contribution >= 0.6 is 0 Å². The molecule has 2 unspecified atom stereocenters. The molecule has 9 nitrogen and oxygen atoms in total. The summed E-state index contributed by atoms with van der Waals surface area (Å²) < 4.78 is 5.92. The lowest BCUT2D eigenvalue weighted by Crippen LogP contribution is -2.47. The molecule has 2 atom stereocenters. The van der Waals surface area contributed by atoms with Crippen molar-refractivity contribution in [3.8, 4) is 0 Å². The Morgan fingerprint density at radius 2 is 1.11 bits per heavy atom. The molecule has 0 aromatic heterocycles. The summed E-state index contributed by atoms with van der Waals surface area (Å²) in [5.41, 5.74) is 0. The fourth-order valence-corrected chi connectivity index (χ4v) is 5.73. The molecule has 0 aromatic carbocycles. The van der Waals surface area contributed by atoms with Gasteiger partial charge in [0.2, 0.25) is 11.8 Å². The zero-order valence-electron chi connectivity index (χ0n) is 34.0. The number of carbonyl (C=O) groups is 4. The van der Waals surface area contributed by atoms with Crippen molar-refractivity contribution in [1.82, 2.24) is 10.6 Å². The van der Waals surface area contributed by atoms with Crippen LogP contribution in [0.4, 0.5) is 0 Å². The molecule has 0 heterocycles. The Labute approximate surface area is 328 Å². The summed E-state index contributed by atoms with van der Waals surface area (Å²) in [6.07, 6.45) is 46.9. The molecule has 0 aliphatic rings. The van der Waals surface area contributed by atoms with Gasteiger partial charge in [0.1, 0.15) is 12.1 Å². The molecule has 2 amide bonds. The number of aliphatic carboxylic acids is 1. The molecule has 0 saturated heterocycles. The first kappa shape index (κ1) is 50.5. The number of esters is 1. The van der Waals surface area contributed by atoms with Crippen molar-refractivity contribution in [2.75, 3.05) is 13.2 Å². The number of allylic oxidation sites excluding steroid dienone is 9. The lowest BCUT2D eigenvalue weighted by molar-refractivity contribution is -0.147. The summed E-state index contributed by atoms with van der Waals surface area (Å²) in [6.45, 7) is 3.34. The molecule has 4 N–H and O–H groups in total. The van der Waals surface area contributed by atoms with Crippen LogP contribution < -0.4 is 10.6 Å². The number of carbonyl (C=O) groups excluding carboxylic acids is 3. The summed E-state index contributed by atoms with van der Waals surface area (Å²) in [6, 6.07) is -1.38. The molecular formula is C45H76N2O7. The Kier molecular flexibility index (Phi) is 36.7. The second-order valence-electron chi connectivity index (χ2n) is 14.0. The van der Waals surface area contributed by atoms with Crippen LogP contribution in [0.5, 0.6) is 0 Å². The van der Waals surface area contributed by atoms with Gasteiger partial charge in [0.15, 0.2) is 0 Å². The minimum absolute atomic E-state index is 0.103. The second kappa shape index (κ2) is 39.2. The molecule has 0 radical (unpaired) electrons. The first-order chi connectivity index (χ1) is 26.3. The number of unbranched alkanes of at least 4 members (excludes halogenated alkanes) is 15. The molecule has 54 heavy (non-hydrogen) atoms. The number of ether oxygens (including phenoxy) is 1. The quantitative estimate of drug-likeness (QED) is 0.0281. The predicted molar refractivity (Wildman–Crippen MR) is 222 cm³/mol. The fourth-order valence-electron chi connectivity index (χ4n) is 5.73. The second-order valence-corrected chi connectivity index (χ2v) is 14.0. The normalized spacial score (nSPS) is 13.1. The first-order valence-electron chi connectivity index (χ1n) is 21.2. The zero-order chi connectivity index (χ0) is 39.7. The minimum atomic E-state index is -1.38. The van der Waals surface area contributed by atoms with Gasteiger partial charge in [-0.15, -0.1) is 0 Å². The van der Waals surface area contributed by atoms with Crippen LogP contribution in [0.3, 0.4) is 0 Å². The molecule has 0 fully saturated rings. The van der Waals surface area contributed by atoms with Crippen molar-refractivity contribution in [2.24, 2.45) is 0 Å². The third-order valence-electron chi connectivity index (χ3n) is 8.98. The number of hydrogen-bond acceptors (Lipinski definition) is 6. The van der Waals surface area contributed by atoms with E-state index >= 15 is 0 Å². The van der Waals surface area contributed by atoms with Gasteiger partial charge in [0, 0.05) is 12.8 Å². The highest BCUT2D eigenvalue weighted by Crippen LogP contribution is 2.15. The van der Waals surface area contributed by atoms with E-state index in [-0.39, 0.29) is 24.5 Å². The summed E-state index contributed by atoms with van der Waals surface area (Å²) in [7, 11) is 0. The van der Waals surface area contributed by atoms with E-state index in [0.29, 0.717) is 19.3 Å². The average Bonchev–Trinajstić information content (AvgIpc) is 3.15. The number of aliphatic hydroxyl groups excluding tert-OH is 1. The number of carboxylic acid groups (broad SMARTS) is 1. The van der Waals surface area contributed by atoms with Crippen LogP contribution in [0, 0.1) is 0 Å². The van der Waals surface area contributed by atoms with Gasteiger partial charge in [0.25, 0.3) is 0 Å². The minimum Gasteiger partial charge on any atom is -0.480 e. The van der Waals surface area contributed by atoms with Crippen molar-refractivity contribution in [1.29, 1.82) is 0 Å². The first-order valence-corrected chi connectivity index (χ1v) is 21.2. The molecule has 0 aliphatic carbocycles. The van der Waals surface area contributed by atoms with Crippen molar-refractivity contribution in [3.63, 3.8) is 0 Å². The molecule has 308 valence electrons. The Balaban J connectivity index is 4.28. The number of amides is 2. The van der Waals surface area contributed by atoms with Crippen LogP contribution in [0.2, 0.25) is 0 Å². The maximum atomic E-state index is 12.7. The number of rotatable bonds is 37. The Bertz CT molecular complexity index is 1100. The number of carboxylic acids is 1. The largest absolute Gasteiger partial charge is 0.480 e. The Morgan fingerprint density at radius 3 is 1.70 bits per heavy atom. The van der Waals surface area contributed by atoms with Crippen LogP contribution in [0.1, 0.15) is 174 Å². The van der Waals surface area contributed by atoms with Crippen LogP contribution in [0.25, 0.3) is 0 Å². The summed E-state index contributed by atoms with van der Waals surface area (Å²) in [5.74, 6) is -2.36. The van der Waals surface area contributed by atoms with E-state index in [9.17, 15) is 19.2 Å². The molecule has 0 aromatic rings. The highest BCUT2D eigenvalue weighted by atomic mass is 16.5. The maximum Gasteiger partial charge on any atom is 0.328 e. The van der Waals surface area contributed by atoms with E-state index < -0.39 is 24.5 Å². The zero-order valence-corrected chi connectivity index (χ0v) is 34.0. The van der Waals surface area contributed by atoms with Crippen LogP contribution in [0.15, 0.2) is 60.8 Å². The predicted octanol–water partition coefficient (Wildman–Crippen LogP) is 10.1. The fraction of sp³-hybridized carbons (Fsp3) is 0.689. The van der Waals surface area contributed by atoms with Gasteiger partial charge in [0.05, 0.1) is 13.2 Å². The van der Waals surface area contributed by atoms with Gasteiger partial charge >= 0.3 is 11.9 Å². The third kappa shape index (κ3) is 35.6. The molecule has 0 rings (SSSR count). The van der Waals surface area contributed by atoms with E-state index in [4.69, 9.17) is 14.9 Å². The standard InChI is InChI=1S/C45H76N2O7/c1-3-5-7-9-11-13-14-15-16-17-18-19-20-21-23-29-33-37-44(51)54-40(34-30-26-22-12-10-8-6-4-2)35-31-27-24-25-28-32-36-42(49)46-38-43(50)47-41(39-48)45(52)53/h5,7,11,13,15-16,18-19,30,34,40-41,48H,3-4,6,8-10,12,14,17,20-29,31-33,35-39H2,1-2H3,(H,46,49)(H,47,50)(H,52,53)/b7-5-,13-11-,16-15-,19-18-,34-30-. The summed E-state index contributed by atoms with van der Waals surface area (Å²) in [5, 5.41) is 22.5. The van der Waals surface area contributed by atoms with Gasteiger partial charge in [-0.2, -0.15) is 0 Å². The average molecular weight is 757 g/mol. The molecular weight excluding hydrogens is 681 g/mol. The van der Waals surface area contributed by atoms with Gasteiger partial charge in [-0.25, -0.2) is 4.79 Å². The van der Waals surface area contributed by atoms with Crippen molar-refractivity contribution < 1.29 is 34.1 Å². The van der Waals surface area contributed by atoms with E-state index in [2.05, 4.69) is 85.2 Å². The third-order valence-corrected chi connectivity index (χ3v) is 8.98. The SMILES string of the molecule is CC/C=C\C/C=C\C/C=C\C/C=C\CCCCCCC(=O)OC(/C=C\CCCCCCCC)CCCCCCCCC(=O)NCC(=O)NC(CO)C(=O)O. The Morgan fingerprint density at radius 1 is 0.593 bits per heavy atom. The highest BCUT2D eigenvalue weighted by Gasteiger charge is 2.18. The topological polar surface area (TPSA) is 142 Å².